The van der Waals surface area contributed by atoms with Gasteiger partial charge >= 0.3 is 6.03 Å². The largest absolute Gasteiger partial charge is 0.390 e. The molecule has 0 aliphatic carbocycles. The Kier molecular flexibility index (Phi) is 7.22. The second-order valence-corrected chi connectivity index (χ2v) is 9.36. The zero-order chi connectivity index (χ0) is 23.6. The molecule has 1 aromatic heterocycles. The number of anilines is 1. The van der Waals surface area contributed by atoms with Crippen LogP contribution in [0.2, 0.25) is 5.02 Å². The second kappa shape index (κ2) is 9.56. The van der Waals surface area contributed by atoms with Gasteiger partial charge in [0.25, 0.3) is 0 Å². The number of aldehydes is 1. The third-order valence-electron chi connectivity index (χ3n) is 5.69. The highest BCUT2D eigenvalue weighted by atomic mass is 35.5. The van der Waals surface area contributed by atoms with E-state index in [1.54, 1.807) is 23.4 Å². The van der Waals surface area contributed by atoms with E-state index in [1.807, 2.05) is 19.0 Å². The number of fused-ring (bicyclic) bond motifs is 1. The van der Waals surface area contributed by atoms with Crippen molar-refractivity contribution in [3.8, 4) is 0 Å². The lowest BCUT2D eigenvalue weighted by molar-refractivity contribution is -0.00295. The smallest absolute Gasteiger partial charge is 0.322 e. The first-order valence-corrected chi connectivity index (χ1v) is 10.8. The maximum Gasteiger partial charge on any atom is 0.322 e. The average Bonchev–Trinajstić information content (AvgIpc) is 3.05. The summed E-state index contributed by atoms with van der Waals surface area (Å²) < 4.78 is 15.0. The van der Waals surface area contributed by atoms with Crippen LogP contribution in [0.1, 0.15) is 35.6 Å². The third-order valence-corrected chi connectivity index (χ3v) is 5.98. The molecule has 3 rings (SSSR count). The molecule has 0 radical (unpaired) electrons. The summed E-state index contributed by atoms with van der Waals surface area (Å²) in [5.74, 6) is -0.714. The first-order chi connectivity index (χ1) is 15.0. The Hall–Kier alpha value is -2.49. The molecule has 8 nitrogen and oxygen atoms in total. The van der Waals surface area contributed by atoms with Crippen LogP contribution in [-0.4, -0.2) is 69.8 Å². The quantitative estimate of drug-likeness (QED) is 0.613. The van der Waals surface area contributed by atoms with Crippen molar-refractivity contribution in [2.45, 2.75) is 39.0 Å². The molecule has 1 aliphatic heterocycles. The Morgan fingerprint density at radius 1 is 1.44 bits per heavy atom. The number of carbonyl (C=O) groups excluding carboxylic acids is 2. The van der Waals surface area contributed by atoms with E-state index in [4.69, 9.17) is 11.6 Å². The van der Waals surface area contributed by atoms with Gasteiger partial charge in [0.1, 0.15) is 11.5 Å². The molecule has 1 unspecified atom stereocenters. The number of halogens is 2. The van der Waals surface area contributed by atoms with Crippen LogP contribution < -0.4 is 5.32 Å². The molecule has 0 bridgehead atoms. The maximum absolute atomic E-state index is 13.4. The monoisotopic (exact) mass is 465 g/mol. The van der Waals surface area contributed by atoms with Gasteiger partial charge in [-0.15, -0.1) is 0 Å². The molecule has 0 saturated heterocycles. The highest BCUT2D eigenvalue weighted by Gasteiger charge is 2.32. The van der Waals surface area contributed by atoms with Crippen LogP contribution in [0.3, 0.4) is 0 Å². The van der Waals surface area contributed by atoms with Crippen LogP contribution in [0, 0.1) is 11.7 Å². The molecule has 0 spiro atoms. The minimum absolute atomic E-state index is 0.0765. The second-order valence-electron chi connectivity index (χ2n) is 8.95. The van der Waals surface area contributed by atoms with Crippen molar-refractivity contribution in [2.24, 2.45) is 5.92 Å². The number of aromatic nitrogens is 2. The fourth-order valence-electron chi connectivity index (χ4n) is 3.82. The number of rotatable bonds is 7. The molecule has 2 amide bonds. The van der Waals surface area contributed by atoms with Gasteiger partial charge in [-0.2, -0.15) is 5.10 Å². The minimum Gasteiger partial charge on any atom is -0.390 e. The van der Waals surface area contributed by atoms with Crippen LogP contribution in [0.25, 0.3) is 0 Å². The molecule has 1 aromatic carbocycles. The van der Waals surface area contributed by atoms with Crippen LogP contribution in [0.5, 0.6) is 0 Å². The molecule has 2 heterocycles. The zero-order valence-electron chi connectivity index (χ0n) is 18.7. The number of hydrogen-bond donors (Lipinski definition) is 2. The number of carbonyl (C=O) groups is 2. The predicted molar refractivity (Wildman–Crippen MR) is 120 cm³/mol. The summed E-state index contributed by atoms with van der Waals surface area (Å²) >= 11 is 5.79. The Bertz CT molecular complexity index is 1000. The summed E-state index contributed by atoms with van der Waals surface area (Å²) in [4.78, 5) is 28.2. The van der Waals surface area contributed by atoms with Crippen LogP contribution in [0.4, 0.5) is 14.9 Å². The molecule has 174 valence electrons. The first-order valence-electron chi connectivity index (χ1n) is 10.4. The summed E-state index contributed by atoms with van der Waals surface area (Å²) in [6.45, 7) is 5.16. The fourth-order valence-corrected chi connectivity index (χ4v) is 4.00. The highest BCUT2D eigenvalue weighted by molar-refractivity contribution is 6.31. The number of hydrogen-bond acceptors (Lipinski definition) is 5. The Balaban J connectivity index is 1.78. The predicted octanol–water partition coefficient (Wildman–Crippen LogP) is 3.03. The van der Waals surface area contributed by atoms with E-state index in [0.717, 1.165) is 12.0 Å². The summed E-state index contributed by atoms with van der Waals surface area (Å²) in [7, 11) is 3.86. The van der Waals surface area contributed by atoms with E-state index < -0.39 is 11.4 Å². The van der Waals surface area contributed by atoms with Gasteiger partial charge in [-0.05, 0) is 46.1 Å². The topological polar surface area (TPSA) is 90.7 Å². The van der Waals surface area contributed by atoms with E-state index in [1.165, 1.54) is 18.2 Å². The van der Waals surface area contributed by atoms with Crippen molar-refractivity contribution in [3.63, 3.8) is 0 Å². The van der Waals surface area contributed by atoms with Gasteiger partial charge in [0.05, 0.1) is 22.9 Å². The summed E-state index contributed by atoms with van der Waals surface area (Å²) in [6, 6.07) is 3.60. The number of nitrogens with one attached hydrogen (secondary N) is 1. The van der Waals surface area contributed by atoms with Gasteiger partial charge in [0.2, 0.25) is 0 Å². The molecular formula is C22H29ClFN5O3. The van der Waals surface area contributed by atoms with Gasteiger partial charge in [-0.1, -0.05) is 11.6 Å². The Morgan fingerprint density at radius 2 is 2.16 bits per heavy atom. The standard InChI is InChI=1S/C22H29ClFN5O3/c1-22(2,32)14(10-27(3)4)11-29-20(13-30)16-12-28(8-7-19(16)26-29)21(31)25-15-5-6-18(24)17(23)9-15/h5-6,9,13-14,32H,7-8,10-12H2,1-4H3,(H,25,31). The van der Waals surface area contributed by atoms with Crippen LogP contribution >= 0.6 is 11.6 Å². The van der Waals surface area contributed by atoms with E-state index in [0.29, 0.717) is 43.0 Å². The minimum atomic E-state index is -0.959. The molecule has 2 aromatic rings. The Labute approximate surface area is 191 Å². The lowest BCUT2D eigenvalue weighted by atomic mass is 9.90. The molecule has 1 atom stereocenters. The van der Waals surface area contributed by atoms with Gasteiger partial charge < -0.3 is 20.2 Å². The molecule has 32 heavy (non-hydrogen) atoms. The molecule has 1 aliphatic rings. The molecule has 0 saturated carbocycles. The Morgan fingerprint density at radius 3 is 2.75 bits per heavy atom. The van der Waals surface area contributed by atoms with Crippen LogP contribution in [-0.2, 0) is 19.5 Å². The van der Waals surface area contributed by atoms with Crippen molar-refractivity contribution in [1.29, 1.82) is 0 Å². The number of nitrogens with zero attached hydrogens (tertiary/aromatic N) is 4. The molecular weight excluding hydrogens is 437 g/mol. The van der Waals surface area contributed by atoms with Crippen molar-refractivity contribution in [3.05, 3.63) is 46.0 Å². The van der Waals surface area contributed by atoms with E-state index in [2.05, 4.69) is 10.4 Å². The fraction of sp³-hybridized carbons (Fsp3) is 0.500. The number of amides is 2. The normalized spacial score (nSPS) is 14.9. The number of urea groups is 1. The number of aliphatic hydroxyl groups is 1. The van der Waals surface area contributed by atoms with Gasteiger partial charge in [0.15, 0.2) is 6.29 Å². The summed E-state index contributed by atoms with van der Waals surface area (Å²) in [5.41, 5.74) is 1.32. The van der Waals surface area contributed by atoms with E-state index >= 15 is 0 Å². The molecule has 2 N–H and O–H groups in total. The average molecular weight is 466 g/mol. The molecule has 0 fully saturated rings. The summed E-state index contributed by atoms with van der Waals surface area (Å²) in [5, 5.41) is 17.8. The van der Waals surface area contributed by atoms with Crippen molar-refractivity contribution in [1.82, 2.24) is 19.6 Å². The third kappa shape index (κ3) is 5.46. The van der Waals surface area contributed by atoms with Gasteiger partial charge in [-0.25, -0.2) is 9.18 Å². The summed E-state index contributed by atoms with van der Waals surface area (Å²) in [6.07, 6.45) is 1.26. The van der Waals surface area contributed by atoms with E-state index in [-0.39, 0.29) is 23.5 Å². The lowest BCUT2D eigenvalue weighted by Crippen LogP contribution is -2.41. The SMILES string of the molecule is CN(C)CC(Cn1nc2c(c1C=O)CN(C(=O)Nc1ccc(F)c(Cl)c1)CC2)C(C)(C)O. The van der Waals surface area contributed by atoms with Crippen molar-refractivity contribution >= 4 is 29.6 Å². The van der Waals surface area contributed by atoms with Gasteiger partial charge in [-0.3, -0.25) is 9.48 Å². The first kappa shape index (κ1) is 24.2. The van der Waals surface area contributed by atoms with Crippen LogP contribution in [0.15, 0.2) is 18.2 Å². The number of benzene rings is 1. The molecule has 10 heteroatoms. The lowest BCUT2D eigenvalue weighted by Gasteiger charge is -2.31. The van der Waals surface area contributed by atoms with E-state index in [9.17, 15) is 19.1 Å². The zero-order valence-corrected chi connectivity index (χ0v) is 19.5. The van der Waals surface area contributed by atoms with Crippen molar-refractivity contribution in [2.75, 3.05) is 32.5 Å². The maximum atomic E-state index is 13.4. The highest BCUT2D eigenvalue weighted by Crippen LogP contribution is 2.26. The van der Waals surface area contributed by atoms with Crippen molar-refractivity contribution < 1.29 is 19.1 Å². The van der Waals surface area contributed by atoms with Gasteiger partial charge in [0, 0.05) is 43.2 Å².